The first-order valence-corrected chi connectivity index (χ1v) is 7.44. The Labute approximate surface area is 125 Å². The van der Waals surface area contributed by atoms with Crippen molar-refractivity contribution in [3.63, 3.8) is 0 Å². The Hall–Kier alpha value is -2.06. The van der Waals surface area contributed by atoms with Gasteiger partial charge in [0.15, 0.2) is 5.82 Å². The molecule has 0 saturated carbocycles. The molecule has 0 atom stereocenters. The maximum absolute atomic E-state index is 5.78. The van der Waals surface area contributed by atoms with Gasteiger partial charge in [0.2, 0.25) is 0 Å². The molecule has 0 aliphatic carbocycles. The van der Waals surface area contributed by atoms with E-state index in [0.717, 1.165) is 34.9 Å². The number of fused-ring (bicyclic) bond motifs is 1. The highest BCUT2D eigenvalue weighted by molar-refractivity contribution is 7.16. The summed E-state index contributed by atoms with van der Waals surface area (Å²) in [5.41, 5.74) is 3.40. The summed E-state index contributed by atoms with van der Waals surface area (Å²) in [6, 6.07) is 2.00. The Morgan fingerprint density at radius 2 is 2.14 bits per heavy atom. The molecule has 0 N–H and O–H groups in total. The van der Waals surface area contributed by atoms with Crippen molar-refractivity contribution in [2.75, 3.05) is 25.1 Å². The highest BCUT2D eigenvalue weighted by atomic mass is 32.1. The van der Waals surface area contributed by atoms with Gasteiger partial charge in [-0.3, -0.25) is 4.68 Å². The average Bonchev–Trinajstić information content (AvgIpc) is 3.08. The molecule has 1 fully saturated rings. The van der Waals surface area contributed by atoms with Crippen LogP contribution in [0.15, 0.2) is 24.1 Å². The molecule has 0 spiro atoms. The van der Waals surface area contributed by atoms with Crippen LogP contribution in [0.1, 0.15) is 5.69 Å². The number of methoxy groups -OCH3 is 1. The van der Waals surface area contributed by atoms with Crippen LogP contribution in [0, 0.1) is 0 Å². The number of rotatable bonds is 3. The molecule has 7 nitrogen and oxygen atoms in total. The van der Waals surface area contributed by atoms with Crippen molar-refractivity contribution < 1.29 is 4.74 Å². The number of hydrogen-bond donors (Lipinski definition) is 0. The first-order chi connectivity index (χ1) is 10.2. The van der Waals surface area contributed by atoms with Crippen LogP contribution in [0.2, 0.25) is 0 Å². The molecule has 3 aromatic rings. The molecular weight excluding hydrogens is 288 g/mol. The number of hydrogen-bond acceptors (Lipinski definition) is 7. The molecule has 1 aliphatic rings. The average molecular weight is 302 g/mol. The van der Waals surface area contributed by atoms with E-state index >= 15 is 0 Å². The number of aryl methyl sites for hydroxylation is 1. The first-order valence-electron chi connectivity index (χ1n) is 6.56. The van der Waals surface area contributed by atoms with Crippen LogP contribution in [0.5, 0.6) is 0 Å². The summed E-state index contributed by atoms with van der Waals surface area (Å²) >= 11 is 1.53. The van der Waals surface area contributed by atoms with Gasteiger partial charge in [-0.15, -0.1) is 11.3 Å². The van der Waals surface area contributed by atoms with E-state index in [0.29, 0.717) is 0 Å². The normalized spacial score (nSPS) is 17.1. The van der Waals surface area contributed by atoms with E-state index in [1.54, 1.807) is 25.1 Å². The number of ether oxygens (including phenoxy) is 1. The van der Waals surface area contributed by atoms with E-state index in [1.807, 2.05) is 17.8 Å². The lowest BCUT2D eigenvalue weighted by Crippen LogP contribution is -2.61. The van der Waals surface area contributed by atoms with Crippen molar-refractivity contribution in [1.29, 1.82) is 0 Å². The maximum atomic E-state index is 5.78. The molecular formula is C13H14N6OS. The zero-order valence-electron chi connectivity index (χ0n) is 11.7. The van der Waals surface area contributed by atoms with Gasteiger partial charge in [-0.2, -0.15) is 5.10 Å². The molecule has 108 valence electrons. The molecule has 21 heavy (non-hydrogen) atoms. The Balaban J connectivity index is 1.67. The standard InChI is InChI=1S/C13H14N6OS/c1-18-9(3-4-17-18)13(20-2)5-19(6-13)11-10-12(15-7-14-11)21-8-16-10/h3-4,7-8H,5-6H2,1-2H3. The number of anilines is 1. The number of thiazole rings is 1. The van der Waals surface area contributed by atoms with Gasteiger partial charge in [-0.1, -0.05) is 0 Å². The maximum Gasteiger partial charge on any atom is 0.159 e. The molecule has 0 amide bonds. The predicted molar refractivity (Wildman–Crippen MR) is 79.3 cm³/mol. The molecule has 1 saturated heterocycles. The van der Waals surface area contributed by atoms with Crippen molar-refractivity contribution in [2.24, 2.45) is 7.05 Å². The molecule has 0 radical (unpaired) electrons. The molecule has 4 rings (SSSR count). The second-order valence-corrected chi connectivity index (χ2v) is 5.93. The van der Waals surface area contributed by atoms with E-state index in [9.17, 15) is 0 Å². The lowest BCUT2D eigenvalue weighted by Gasteiger charge is -2.49. The Kier molecular flexibility index (Phi) is 2.69. The van der Waals surface area contributed by atoms with E-state index in [1.165, 1.54) is 11.3 Å². The minimum absolute atomic E-state index is 0.335. The molecule has 4 heterocycles. The van der Waals surface area contributed by atoms with Crippen LogP contribution in [-0.4, -0.2) is 44.9 Å². The largest absolute Gasteiger partial charge is 0.368 e. The van der Waals surface area contributed by atoms with Crippen molar-refractivity contribution in [1.82, 2.24) is 24.7 Å². The van der Waals surface area contributed by atoms with Crippen LogP contribution in [0.25, 0.3) is 10.3 Å². The second-order valence-electron chi connectivity index (χ2n) is 5.10. The SMILES string of the molecule is COC1(c2ccnn2C)CN(c2ncnc3scnc23)C1. The third-order valence-corrected chi connectivity index (χ3v) is 4.72. The van der Waals surface area contributed by atoms with Gasteiger partial charge in [-0.25, -0.2) is 15.0 Å². The Morgan fingerprint density at radius 3 is 2.86 bits per heavy atom. The quantitative estimate of drug-likeness (QED) is 0.724. The van der Waals surface area contributed by atoms with E-state index in [-0.39, 0.29) is 5.60 Å². The van der Waals surface area contributed by atoms with Crippen molar-refractivity contribution >= 4 is 27.5 Å². The monoisotopic (exact) mass is 302 g/mol. The van der Waals surface area contributed by atoms with Crippen LogP contribution >= 0.6 is 11.3 Å². The van der Waals surface area contributed by atoms with Gasteiger partial charge >= 0.3 is 0 Å². The third kappa shape index (κ3) is 1.76. The third-order valence-electron chi connectivity index (χ3n) is 3.99. The number of aromatic nitrogens is 5. The molecule has 8 heteroatoms. The molecule has 0 bridgehead atoms. The van der Waals surface area contributed by atoms with Gasteiger partial charge in [-0.05, 0) is 6.07 Å². The summed E-state index contributed by atoms with van der Waals surface area (Å²) in [7, 11) is 3.67. The summed E-state index contributed by atoms with van der Waals surface area (Å²) < 4.78 is 7.64. The smallest absolute Gasteiger partial charge is 0.159 e. The fraction of sp³-hybridized carbons (Fsp3) is 0.385. The fourth-order valence-electron chi connectivity index (χ4n) is 2.85. The summed E-state index contributed by atoms with van der Waals surface area (Å²) in [5, 5.41) is 4.23. The Morgan fingerprint density at radius 1 is 1.29 bits per heavy atom. The highest BCUT2D eigenvalue weighted by Crippen LogP contribution is 2.39. The summed E-state index contributed by atoms with van der Waals surface area (Å²) in [4.78, 5) is 16.1. The van der Waals surface area contributed by atoms with Crippen LogP contribution in [0.3, 0.4) is 0 Å². The summed E-state index contributed by atoms with van der Waals surface area (Å²) in [6.07, 6.45) is 3.38. The lowest BCUT2D eigenvalue weighted by molar-refractivity contribution is -0.0446. The van der Waals surface area contributed by atoms with E-state index in [4.69, 9.17) is 4.74 Å². The minimum Gasteiger partial charge on any atom is -0.368 e. The lowest BCUT2D eigenvalue weighted by atomic mass is 9.90. The zero-order valence-corrected chi connectivity index (χ0v) is 12.5. The van der Waals surface area contributed by atoms with Crippen molar-refractivity contribution in [2.45, 2.75) is 5.60 Å². The molecule has 0 unspecified atom stereocenters. The molecule has 1 aliphatic heterocycles. The van der Waals surface area contributed by atoms with Gasteiger partial charge in [0.05, 0.1) is 24.3 Å². The Bertz CT molecular complexity index is 791. The summed E-state index contributed by atoms with van der Waals surface area (Å²) in [6.45, 7) is 1.46. The minimum atomic E-state index is -0.335. The zero-order chi connectivity index (χ0) is 14.4. The van der Waals surface area contributed by atoms with Gasteiger partial charge in [0.25, 0.3) is 0 Å². The molecule has 0 aromatic carbocycles. The van der Waals surface area contributed by atoms with Crippen molar-refractivity contribution in [3.8, 4) is 0 Å². The second kappa shape index (κ2) is 4.47. The van der Waals surface area contributed by atoms with Crippen LogP contribution < -0.4 is 4.90 Å². The fourth-order valence-corrected chi connectivity index (χ4v) is 3.47. The van der Waals surface area contributed by atoms with Crippen LogP contribution in [-0.2, 0) is 17.4 Å². The molecule has 3 aromatic heterocycles. The van der Waals surface area contributed by atoms with E-state index < -0.39 is 0 Å². The summed E-state index contributed by atoms with van der Waals surface area (Å²) in [5.74, 6) is 0.871. The highest BCUT2D eigenvalue weighted by Gasteiger charge is 2.48. The topological polar surface area (TPSA) is 69.0 Å². The first kappa shape index (κ1) is 12.7. The predicted octanol–water partition coefficient (Wildman–Crippen LogP) is 1.18. The van der Waals surface area contributed by atoms with Gasteiger partial charge < -0.3 is 9.64 Å². The van der Waals surface area contributed by atoms with Crippen molar-refractivity contribution in [3.05, 3.63) is 29.8 Å². The van der Waals surface area contributed by atoms with E-state index in [2.05, 4.69) is 25.0 Å². The number of nitrogens with zero attached hydrogens (tertiary/aromatic N) is 6. The van der Waals surface area contributed by atoms with Crippen LogP contribution in [0.4, 0.5) is 5.82 Å². The van der Waals surface area contributed by atoms with Gasteiger partial charge in [0.1, 0.15) is 22.3 Å². The van der Waals surface area contributed by atoms with Gasteiger partial charge in [0, 0.05) is 20.4 Å².